The van der Waals surface area contributed by atoms with E-state index in [-0.39, 0.29) is 5.56 Å². The number of nitrogens with zero attached hydrogens (tertiary/aromatic N) is 5. The largest absolute Gasteiger partial charge is 0.494 e. The standard InChI is InChI=1S/C16H16N6O3S/c1-21-14(23)12(15(24)22(2)16(21)25)13(26-3)18-10-6-4-9(5-7-10)11-8-17-20-19-11/h4-8,23H,1-3H3,(H,17,19,20). The van der Waals surface area contributed by atoms with Crippen molar-refractivity contribution in [3.8, 4) is 17.1 Å². The van der Waals surface area contributed by atoms with E-state index >= 15 is 0 Å². The molecule has 0 saturated heterocycles. The van der Waals surface area contributed by atoms with Gasteiger partial charge >= 0.3 is 5.69 Å². The van der Waals surface area contributed by atoms with E-state index in [1.807, 2.05) is 12.1 Å². The summed E-state index contributed by atoms with van der Waals surface area (Å²) in [4.78, 5) is 28.8. The van der Waals surface area contributed by atoms with Crippen molar-refractivity contribution in [3.63, 3.8) is 0 Å². The summed E-state index contributed by atoms with van der Waals surface area (Å²) >= 11 is 1.21. The third-order valence-corrected chi connectivity index (χ3v) is 4.53. The molecule has 1 aromatic carbocycles. The zero-order valence-corrected chi connectivity index (χ0v) is 15.1. The number of benzene rings is 1. The van der Waals surface area contributed by atoms with Crippen molar-refractivity contribution in [1.82, 2.24) is 24.5 Å². The third kappa shape index (κ3) is 3.06. The number of hydrogen-bond donors (Lipinski definition) is 2. The van der Waals surface area contributed by atoms with Crippen LogP contribution in [-0.2, 0) is 14.1 Å². The zero-order chi connectivity index (χ0) is 18.8. The van der Waals surface area contributed by atoms with Gasteiger partial charge in [-0.2, -0.15) is 15.4 Å². The van der Waals surface area contributed by atoms with Gasteiger partial charge in [0.1, 0.15) is 16.3 Å². The Morgan fingerprint density at radius 3 is 2.46 bits per heavy atom. The summed E-state index contributed by atoms with van der Waals surface area (Å²) in [5, 5.41) is 20.9. The molecule has 0 fully saturated rings. The van der Waals surface area contributed by atoms with Crippen molar-refractivity contribution in [2.24, 2.45) is 19.1 Å². The molecular weight excluding hydrogens is 356 g/mol. The molecule has 26 heavy (non-hydrogen) atoms. The summed E-state index contributed by atoms with van der Waals surface area (Å²) in [6, 6.07) is 7.19. The van der Waals surface area contributed by atoms with Gasteiger partial charge in [-0.05, 0) is 18.4 Å². The zero-order valence-electron chi connectivity index (χ0n) is 14.3. The summed E-state index contributed by atoms with van der Waals surface area (Å²) in [6.45, 7) is 0. The minimum absolute atomic E-state index is 0.0114. The fraction of sp³-hybridized carbons (Fsp3) is 0.188. The Kier molecular flexibility index (Phi) is 4.76. The minimum atomic E-state index is -0.603. The molecule has 0 saturated carbocycles. The van der Waals surface area contributed by atoms with Gasteiger partial charge in [0.25, 0.3) is 5.56 Å². The highest BCUT2D eigenvalue weighted by Crippen LogP contribution is 2.24. The van der Waals surface area contributed by atoms with Gasteiger partial charge in [0, 0.05) is 19.7 Å². The first-order valence-electron chi connectivity index (χ1n) is 7.52. The van der Waals surface area contributed by atoms with Crippen molar-refractivity contribution < 1.29 is 5.11 Å². The smallest absolute Gasteiger partial charge is 0.333 e. The van der Waals surface area contributed by atoms with E-state index in [1.165, 1.54) is 25.9 Å². The van der Waals surface area contributed by atoms with Crippen LogP contribution in [0.2, 0.25) is 0 Å². The van der Waals surface area contributed by atoms with Crippen LogP contribution in [0.5, 0.6) is 5.88 Å². The molecule has 2 N–H and O–H groups in total. The monoisotopic (exact) mass is 372 g/mol. The fourth-order valence-corrected chi connectivity index (χ4v) is 2.97. The number of nitrogens with one attached hydrogen (secondary N) is 1. The number of H-pyrrole nitrogens is 1. The van der Waals surface area contributed by atoms with Crippen LogP contribution in [-0.4, -0.2) is 41.0 Å². The summed E-state index contributed by atoms with van der Waals surface area (Å²) < 4.78 is 1.95. The van der Waals surface area contributed by atoms with Crippen LogP contribution in [0.3, 0.4) is 0 Å². The first-order chi connectivity index (χ1) is 12.4. The summed E-state index contributed by atoms with van der Waals surface area (Å²) in [7, 11) is 2.75. The van der Waals surface area contributed by atoms with Crippen molar-refractivity contribution in [2.45, 2.75) is 0 Å². The summed E-state index contributed by atoms with van der Waals surface area (Å²) in [6.07, 6.45) is 3.35. The highest BCUT2D eigenvalue weighted by molar-refractivity contribution is 8.13. The topological polar surface area (TPSA) is 118 Å². The van der Waals surface area contributed by atoms with Crippen LogP contribution in [0.25, 0.3) is 11.3 Å². The summed E-state index contributed by atoms with van der Waals surface area (Å²) in [5.74, 6) is -0.412. The molecule has 10 heteroatoms. The lowest BCUT2D eigenvalue weighted by atomic mass is 10.1. The maximum Gasteiger partial charge on any atom is 0.333 e. The predicted molar refractivity (Wildman–Crippen MR) is 100 cm³/mol. The lowest BCUT2D eigenvalue weighted by molar-refractivity contribution is 0.410. The number of aliphatic imine (C=N–C) groups is 1. The van der Waals surface area contributed by atoms with Crippen LogP contribution in [0.4, 0.5) is 5.69 Å². The second kappa shape index (κ2) is 7.00. The third-order valence-electron chi connectivity index (χ3n) is 3.85. The van der Waals surface area contributed by atoms with E-state index in [0.717, 1.165) is 14.7 Å². The Bertz CT molecular complexity index is 1080. The Labute approximate surface area is 152 Å². The van der Waals surface area contributed by atoms with Gasteiger partial charge in [0.2, 0.25) is 5.88 Å². The van der Waals surface area contributed by atoms with Crippen molar-refractivity contribution in [1.29, 1.82) is 0 Å². The Hall–Kier alpha value is -3.14. The van der Waals surface area contributed by atoms with Gasteiger partial charge in [-0.3, -0.25) is 13.9 Å². The second-order valence-electron chi connectivity index (χ2n) is 5.43. The average molecular weight is 372 g/mol. The van der Waals surface area contributed by atoms with Crippen molar-refractivity contribution >= 4 is 22.5 Å². The molecule has 2 aromatic heterocycles. The Morgan fingerprint density at radius 1 is 1.19 bits per heavy atom. The van der Waals surface area contributed by atoms with Crippen molar-refractivity contribution in [3.05, 3.63) is 56.9 Å². The predicted octanol–water partition coefficient (Wildman–Crippen LogP) is 1.02. The van der Waals surface area contributed by atoms with Crippen molar-refractivity contribution in [2.75, 3.05) is 6.26 Å². The summed E-state index contributed by atoms with van der Waals surface area (Å²) in [5.41, 5.74) is 0.950. The molecule has 134 valence electrons. The molecule has 0 aliphatic carbocycles. The molecule has 0 radical (unpaired) electrons. The molecular formula is C16H16N6O3S. The van der Waals surface area contributed by atoms with Crippen LogP contribution < -0.4 is 11.2 Å². The molecule has 3 aromatic rings. The first kappa shape index (κ1) is 17.7. The SMILES string of the molecule is CSC(=Nc1ccc(-c2cn[nH]n2)cc1)c1c(O)n(C)c(=O)n(C)c1=O. The molecule has 0 spiro atoms. The molecule has 9 nitrogen and oxygen atoms in total. The van der Waals surface area contributed by atoms with Gasteiger partial charge in [-0.25, -0.2) is 9.79 Å². The molecule has 0 unspecified atom stereocenters. The quantitative estimate of drug-likeness (QED) is 0.523. The van der Waals surface area contributed by atoms with Gasteiger partial charge in [0.05, 0.1) is 11.9 Å². The molecule has 3 rings (SSSR count). The molecule has 2 heterocycles. The Balaban J connectivity index is 2.07. The lowest BCUT2D eigenvalue weighted by Crippen LogP contribution is -2.39. The van der Waals surface area contributed by atoms with Gasteiger partial charge in [0.15, 0.2) is 0 Å². The molecule has 0 amide bonds. The van der Waals surface area contributed by atoms with E-state index in [1.54, 1.807) is 24.6 Å². The number of aromatic amines is 1. The van der Waals surface area contributed by atoms with E-state index in [2.05, 4.69) is 20.4 Å². The van der Waals surface area contributed by atoms with E-state index in [9.17, 15) is 14.7 Å². The van der Waals surface area contributed by atoms with E-state index in [0.29, 0.717) is 16.4 Å². The number of aromatic hydroxyl groups is 1. The minimum Gasteiger partial charge on any atom is -0.494 e. The highest BCUT2D eigenvalue weighted by atomic mass is 32.2. The van der Waals surface area contributed by atoms with Gasteiger partial charge < -0.3 is 5.11 Å². The number of thioether (sulfide) groups is 1. The lowest BCUT2D eigenvalue weighted by Gasteiger charge is -2.11. The second-order valence-corrected chi connectivity index (χ2v) is 6.22. The molecule has 0 atom stereocenters. The molecule has 0 aliphatic rings. The average Bonchev–Trinajstić information content (AvgIpc) is 3.19. The van der Waals surface area contributed by atoms with Crippen LogP contribution >= 0.6 is 11.8 Å². The fourth-order valence-electron chi connectivity index (χ4n) is 2.39. The number of hydrogen-bond acceptors (Lipinski definition) is 7. The number of rotatable bonds is 3. The molecule has 0 bridgehead atoms. The highest BCUT2D eigenvalue weighted by Gasteiger charge is 2.19. The maximum atomic E-state index is 12.4. The van der Waals surface area contributed by atoms with Crippen LogP contribution in [0.15, 0.2) is 45.0 Å². The Morgan fingerprint density at radius 2 is 1.88 bits per heavy atom. The molecule has 0 aliphatic heterocycles. The maximum absolute atomic E-state index is 12.4. The number of aromatic nitrogens is 5. The van der Waals surface area contributed by atoms with Crippen LogP contribution in [0.1, 0.15) is 5.56 Å². The normalized spacial score (nSPS) is 11.7. The van der Waals surface area contributed by atoms with Crippen LogP contribution in [0, 0.1) is 0 Å². The first-order valence-corrected chi connectivity index (χ1v) is 8.74. The van der Waals surface area contributed by atoms with E-state index in [4.69, 9.17) is 0 Å². The van der Waals surface area contributed by atoms with Gasteiger partial charge in [-0.15, -0.1) is 11.8 Å². The van der Waals surface area contributed by atoms with Gasteiger partial charge in [-0.1, -0.05) is 12.1 Å². The van der Waals surface area contributed by atoms with E-state index < -0.39 is 17.1 Å².